The van der Waals surface area contributed by atoms with Crippen LogP contribution in [0.2, 0.25) is 0 Å². The molecule has 0 aromatic carbocycles. The first-order valence-corrected chi connectivity index (χ1v) is 3.31. The molecule has 1 N–H and O–H groups in total. The number of halogens is 1. The van der Waals surface area contributed by atoms with Gasteiger partial charge in [-0.25, -0.2) is 0 Å². The van der Waals surface area contributed by atoms with Crippen LogP contribution in [0, 0.1) is 10.1 Å². The molecule has 1 aromatic rings. The van der Waals surface area contributed by atoms with E-state index in [0.717, 1.165) is 4.47 Å². The van der Waals surface area contributed by atoms with Crippen LogP contribution >= 0.6 is 15.9 Å². The van der Waals surface area contributed by atoms with Crippen LogP contribution in [-0.2, 0) is 0 Å². The first-order valence-electron chi connectivity index (χ1n) is 2.51. The van der Waals surface area contributed by atoms with E-state index in [9.17, 15) is 0 Å². The average Bonchev–Trinajstić information content (AvgIpc) is 1.87. The minimum atomic E-state index is -1.50. The zero-order valence-electron chi connectivity index (χ0n) is 5.35. The van der Waals surface area contributed by atoms with Gasteiger partial charge in [0.05, 0.1) is 0 Å². The van der Waals surface area contributed by atoms with Gasteiger partial charge in [-0.2, -0.15) is 0 Å². The highest BCUT2D eigenvalue weighted by molar-refractivity contribution is 9.10. The molecule has 0 bridgehead atoms. The normalized spacial score (nSPS) is 7.73. The third-order valence-electron chi connectivity index (χ3n) is 0.625. The van der Waals surface area contributed by atoms with E-state index < -0.39 is 5.09 Å². The highest BCUT2D eigenvalue weighted by Crippen LogP contribution is 2.02. The van der Waals surface area contributed by atoms with Crippen LogP contribution in [0.25, 0.3) is 0 Å². The van der Waals surface area contributed by atoms with Gasteiger partial charge >= 0.3 is 0 Å². The summed E-state index contributed by atoms with van der Waals surface area (Å²) < 4.78 is 1.02. The molecule has 1 rings (SSSR count). The second-order valence-electron chi connectivity index (χ2n) is 1.41. The molecule has 0 aliphatic heterocycles. The van der Waals surface area contributed by atoms with Crippen molar-refractivity contribution in [3.8, 4) is 0 Å². The fourth-order valence-electron chi connectivity index (χ4n) is 0.342. The van der Waals surface area contributed by atoms with Crippen LogP contribution in [0.5, 0.6) is 0 Å². The topological polar surface area (TPSA) is 76.3 Å². The molecule has 0 aliphatic rings. The van der Waals surface area contributed by atoms with E-state index in [0.29, 0.717) is 0 Å². The lowest BCUT2D eigenvalue weighted by Gasteiger charge is -1.80. The summed E-state index contributed by atoms with van der Waals surface area (Å²) in [7, 11) is 0. The smallest absolute Gasteiger partial charge is 0.291 e. The van der Waals surface area contributed by atoms with Crippen molar-refractivity contribution >= 4 is 15.9 Å². The number of hydrogen-bond acceptors (Lipinski definition) is 3. The lowest BCUT2D eigenvalue weighted by Crippen LogP contribution is -1.81. The van der Waals surface area contributed by atoms with Gasteiger partial charge in [-0.1, -0.05) is 0 Å². The predicted molar refractivity (Wildman–Crippen MR) is 40.7 cm³/mol. The monoisotopic (exact) mass is 220 g/mol. The molecule has 0 amide bonds. The second-order valence-corrected chi connectivity index (χ2v) is 2.32. The molecule has 6 heteroatoms. The highest BCUT2D eigenvalue weighted by atomic mass is 79.9. The van der Waals surface area contributed by atoms with Crippen molar-refractivity contribution in [1.82, 2.24) is 4.98 Å². The zero-order valence-corrected chi connectivity index (χ0v) is 6.93. The van der Waals surface area contributed by atoms with Crippen LogP contribution in [0.3, 0.4) is 0 Å². The maximum absolute atomic E-state index is 8.36. The molecule has 11 heavy (non-hydrogen) atoms. The Labute approximate surface area is 70.9 Å². The van der Waals surface area contributed by atoms with E-state index in [2.05, 4.69) is 20.9 Å². The van der Waals surface area contributed by atoms with Crippen LogP contribution in [0.1, 0.15) is 0 Å². The van der Waals surface area contributed by atoms with Crippen molar-refractivity contribution in [2.24, 2.45) is 0 Å². The summed E-state index contributed by atoms with van der Waals surface area (Å²) in [6.45, 7) is 0. The summed E-state index contributed by atoms with van der Waals surface area (Å²) in [5.41, 5.74) is 0. The Hall–Kier alpha value is -1.17. The molecule has 60 valence electrons. The number of aromatic nitrogens is 1. The standard InChI is InChI=1S/C5H4BrN.HNO3/c6-5-2-1-3-7-4-5;2-1(3)4/h1-4H;(H,2,3,4). The van der Waals surface area contributed by atoms with Gasteiger partial charge in [-0.15, -0.1) is 10.1 Å². The van der Waals surface area contributed by atoms with Crippen LogP contribution in [0.15, 0.2) is 29.0 Å². The molecule has 0 unspecified atom stereocenters. The summed E-state index contributed by atoms with van der Waals surface area (Å²) in [5.74, 6) is 0. The van der Waals surface area contributed by atoms with E-state index >= 15 is 0 Å². The zero-order chi connectivity index (χ0) is 8.69. The number of nitrogens with zero attached hydrogens (tertiary/aromatic N) is 2. The van der Waals surface area contributed by atoms with E-state index in [1.165, 1.54) is 0 Å². The largest absolute Gasteiger partial charge is 0.328 e. The Kier molecular flexibility index (Phi) is 5.01. The predicted octanol–water partition coefficient (Wildman–Crippen LogP) is 1.50. The Morgan fingerprint density at radius 1 is 1.73 bits per heavy atom. The van der Waals surface area contributed by atoms with Crippen molar-refractivity contribution < 1.29 is 10.3 Å². The summed E-state index contributed by atoms with van der Waals surface area (Å²) in [5, 5.41) is 13.6. The maximum Gasteiger partial charge on any atom is 0.291 e. The highest BCUT2D eigenvalue weighted by Gasteiger charge is 1.75. The maximum atomic E-state index is 8.36. The van der Waals surface area contributed by atoms with Gasteiger partial charge in [0.1, 0.15) is 0 Å². The molecule has 0 aliphatic carbocycles. The Balaban J connectivity index is 0.000000218. The van der Waals surface area contributed by atoms with Crippen molar-refractivity contribution in [2.45, 2.75) is 0 Å². The quantitative estimate of drug-likeness (QED) is 0.531. The molecule has 0 spiro atoms. The molecule has 0 radical (unpaired) electrons. The van der Waals surface area contributed by atoms with Crippen molar-refractivity contribution in [2.75, 3.05) is 0 Å². The van der Waals surface area contributed by atoms with Gasteiger partial charge in [-0.3, -0.25) is 4.98 Å². The summed E-state index contributed by atoms with van der Waals surface area (Å²) in [4.78, 5) is 12.2. The van der Waals surface area contributed by atoms with Crippen LogP contribution in [-0.4, -0.2) is 15.3 Å². The fourth-order valence-corrected chi connectivity index (χ4v) is 0.613. The molecule has 0 atom stereocenters. The van der Waals surface area contributed by atoms with E-state index in [-0.39, 0.29) is 0 Å². The average molecular weight is 221 g/mol. The lowest BCUT2D eigenvalue weighted by atomic mass is 10.5. The first kappa shape index (κ1) is 9.83. The third-order valence-corrected chi connectivity index (χ3v) is 1.09. The molecule has 1 heterocycles. The van der Waals surface area contributed by atoms with E-state index in [4.69, 9.17) is 15.3 Å². The van der Waals surface area contributed by atoms with Gasteiger partial charge in [0.2, 0.25) is 0 Å². The Morgan fingerprint density at radius 2 is 2.27 bits per heavy atom. The third kappa shape index (κ3) is 8.83. The molecule has 0 saturated carbocycles. The van der Waals surface area contributed by atoms with Gasteiger partial charge < -0.3 is 5.21 Å². The summed E-state index contributed by atoms with van der Waals surface area (Å²) in [6.07, 6.45) is 3.49. The lowest BCUT2D eigenvalue weighted by molar-refractivity contribution is -0.742. The van der Waals surface area contributed by atoms with Crippen LogP contribution < -0.4 is 0 Å². The van der Waals surface area contributed by atoms with Gasteiger partial charge in [-0.05, 0) is 28.1 Å². The minimum absolute atomic E-state index is 1.02. The Bertz CT molecular complexity index is 212. The first-order chi connectivity index (χ1) is 5.13. The second kappa shape index (κ2) is 5.60. The van der Waals surface area contributed by atoms with E-state index in [1.54, 1.807) is 12.4 Å². The molecule has 0 fully saturated rings. The van der Waals surface area contributed by atoms with Gasteiger partial charge in [0.15, 0.2) is 0 Å². The van der Waals surface area contributed by atoms with Gasteiger partial charge in [0.25, 0.3) is 5.09 Å². The number of hydrogen-bond donors (Lipinski definition) is 1. The van der Waals surface area contributed by atoms with Gasteiger partial charge in [0, 0.05) is 16.9 Å². The number of rotatable bonds is 0. The van der Waals surface area contributed by atoms with Crippen molar-refractivity contribution in [3.63, 3.8) is 0 Å². The molecule has 1 aromatic heterocycles. The SMILES string of the molecule is Brc1cccnc1.O=[N+]([O-])O. The summed E-state index contributed by atoms with van der Waals surface area (Å²) in [6, 6.07) is 3.82. The minimum Gasteiger partial charge on any atom is -0.328 e. The molecule has 0 saturated heterocycles. The Morgan fingerprint density at radius 3 is 2.45 bits per heavy atom. The molecular weight excluding hydrogens is 216 g/mol. The summed E-state index contributed by atoms with van der Waals surface area (Å²) >= 11 is 3.25. The molecular formula is C5H5BrN2O3. The molecule has 5 nitrogen and oxygen atoms in total. The van der Waals surface area contributed by atoms with Crippen LogP contribution in [0.4, 0.5) is 0 Å². The van der Waals surface area contributed by atoms with Crippen molar-refractivity contribution in [1.29, 1.82) is 0 Å². The number of pyridine rings is 1. The fraction of sp³-hybridized carbons (Fsp3) is 0. The van der Waals surface area contributed by atoms with Crippen molar-refractivity contribution in [3.05, 3.63) is 39.1 Å². The van der Waals surface area contributed by atoms with E-state index in [1.807, 2.05) is 12.1 Å².